The van der Waals surface area contributed by atoms with E-state index in [0.717, 1.165) is 45.7 Å². The molecule has 0 aromatic carbocycles. The SMILES string of the molecule is O=C(NCC1CCN(C2CCOC2)CC1)NC1CCCC1. The van der Waals surface area contributed by atoms with Gasteiger partial charge in [-0.15, -0.1) is 0 Å². The minimum Gasteiger partial charge on any atom is -0.380 e. The van der Waals surface area contributed by atoms with Gasteiger partial charge in [-0.05, 0) is 51.1 Å². The van der Waals surface area contributed by atoms with E-state index in [4.69, 9.17) is 4.74 Å². The summed E-state index contributed by atoms with van der Waals surface area (Å²) in [6, 6.07) is 1.09. The number of likely N-dealkylation sites (tertiary alicyclic amines) is 1. The lowest BCUT2D eigenvalue weighted by Crippen LogP contribution is -2.46. The largest absolute Gasteiger partial charge is 0.380 e. The molecule has 1 aliphatic carbocycles. The Morgan fingerprint density at radius 3 is 2.52 bits per heavy atom. The molecule has 0 spiro atoms. The van der Waals surface area contributed by atoms with Crippen LogP contribution in [0, 0.1) is 5.92 Å². The molecular weight excluding hydrogens is 266 g/mol. The third-order valence-electron chi connectivity index (χ3n) is 5.31. The molecule has 0 radical (unpaired) electrons. The van der Waals surface area contributed by atoms with Crippen molar-refractivity contribution >= 4 is 6.03 Å². The number of carbonyl (C=O) groups excluding carboxylic acids is 1. The van der Waals surface area contributed by atoms with Crippen molar-refractivity contribution in [3.8, 4) is 0 Å². The second-order valence-electron chi connectivity index (χ2n) is 6.83. The molecule has 0 aromatic rings. The minimum absolute atomic E-state index is 0.0357. The fourth-order valence-electron chi connectivity index (χ4n) is 3.88. The summed E-state index contributed by atoms with van der Waals surface area (Å²) >= 11 is 0. The lowest BCUT2D eigenvalue weighted by atomic mass is 9.95. The van der Waals surface area contributed by atoms with Crippen LogP contribution in [0.1, 0.15) is 44.9 Å². The van der Waals surface area contributed by atoms with Crippen LogP contribution < -0.4 is 10.6 Å². The number of amides is 2. The van der Waals surface area contributed by atoms with Gasteiger partial charge < -0.3 is 15.4 Å². The summed E-state index contributed by atoms with van der Waals surface area (Å²) in [6.45, 7) is 4.98. The number of nitrogens with zero attached hydrogens (tertiary/aromatic N) is 1. The van der Waals surface area contributed by atoms with Crippen LogP contribution >= 0.6 is 0 Å². The van der Waals surface area contributed by atoms with E-state index in [1.165, 1.54) is 32.1 Å². The third-order valence-corrected chi connectivity index (χ3v) is 5.31. The Morgan fingerprint density at radius 1 is 1.10 bits per heavy atom. The van der Waals surface area contributed by atoms with Crippen molar-refractivity contribution in [3.05, 3.63) is 0 Å². The van der Waals surface area contributed by atoms with Crippen molar-refractivity contribution in [1.82, 2.24) is 15.5 Å². The van der Waals surface area contributed by atoms with Crippen molar-refractivity contribution in [2.75, 3.05) is 32.8 Å². The Kier molecular flexibility index (Phi) is 5.36. The highest BCUT2D eigenvalue weighted by Gasteiger charge is 2.27. The molecule has 5 heteroatoms. The molecule has 2 aliphatic heterocycles. The number of hydrogen-bond acceptors (Lipinski definition) is 3. The van der Waals surface area contributed by atoms with Gasteiger partial charge in [-0.25, -0.2) is 4.79 Å². The second-order valence-corrected chi connectivity index (χ2v) is 6.83. The Morgan fingerprint density at radius 2 is 1.86 bits per heavy atom. The number of ether oxygens (including phenoxy) is 1. The highest BCUT2D eigenvalue weighted by atomic mass is 16.5. The van der Waals surface area contributed by atoms with Gasteiger partial charge >= 0.3 is 6.03 Å². The monoisotopic (exact) mass is 295 g/mol. The lowest BCUT2D eigenvalue weighted by Gasteiger charge is -2.35. The van der Waals surface area contributed by atoms with E-state index in [0.29, 0.717) is 18.0 Å². The summed E-state index contributed by atoms with van der Waals surface area (Å²) in [4.78, 5) is 14.4. The second kappa shape index (κ2) is 7.45. The fraction of sp³-hybridized carbons (Fsp3) is 0.938. The summed E-state index contributed by atoms with van der Waals surface area (Å²) in [5, 5.41) is 6.17. The van der Waals surface area contributed by atoms with Crippen molar-refractivity contribution in [3.63, 3.8) is 0 Å². The quantitative estimate of drug-likeness (QED) is 0.830. The minimum atomic E-state index is 0.0357. The first-order valence-corrected chi connectivity index (χ1v) is 8.67. The zero-order valence-electron chi connectivity index (χ0n) is 13.0. The molecule has 1 atom stereocenters. The summed E-state index contributed by atoms with van der Waals surface area (Å²) in [5.74, 6) is 0.637. The van der Waals surface area contributed by atoms with Crippen LogP contribution in [0.15, 0.2) is 0 Å². The normalized spacial score (nSPS) is 28.9. The lowest BCUT2D eigenvalue weighted by molar-refractivity contribution is 0.110. The molecule has 3 aliphatic rings. The highest BCUT2D eigenvalue weighted by Crippen LogP contribution is 2.22. The molecule has 2 saturated heterocycles. The van der Waals surface area contributed by atoms with Gasteiger partial charge in [0.2, 0.25) is 0 Å². The molecule has 2 N–H and O–H groups in total. The average Bonchev–Trinajstić information content (AvgIpc) is 3.19. The smallest absolute Gasteiger partial charge is 0.315 e. The number of nitrogens with one attached hydrogen (secondary N) is 2. The molecule has 21 heavy (non-hydrogen) atoms. The first-order valence-electron chi connectivity index (χ1n) is 8.67. The number of urea groups is 1. The first kappa shape index (κ1) is 15.1. The molecule has 3 fully saturated rings. The first-order chi connectivity index (χ1) is 10.3. The number of piperidine rings is 1. The van der Waals surface area contributed by atoms with Crippen LogP contribution in [0.5, 0.6) is 0 Å². The van der Waals surface area contributed by atoms with Crippen molar-refractivity contribution in [2.24, 2.45) is 5.92 Å². The number of hydrogen-bond donors (Lipinski definition) is 2. The Hall–Kier alpha value is -0.810. The van der Waals surface area contributed by atoms with Crippen LogP contribution in [-0.2, 0) is 4.74 Å². The van der Waals surface area contributed by atoms with Crippen LogP contribution in [0.3, 0.4) is 0 Å². The van der Waals surface area contributed by atoms with Gasteiger partial charge in [0.25, 0.3) is 0 Å². The molecule has 1 unspecified atom stereocenters. The van der Waals surface area contributed by atoms with E-state index in [-0.39, 0.29) is 6.03 Å². The number of rotatable bonds is 4. The summed E-state index contributed by atoms with van der Waals surface area (Å²) < 4.78 is 5.47. The van der Waals surface area contributed by atoms with Crippen molar-refractivity contribution < 1.29 is 9.53 Å². The highest BCUT2D eigenvalue weighted by molar-refractivity contribution is 5.74. The van der Waals surface area contributed by atoms with Crippen LogP contribution in [0.4, 0.5) is 4.79 Å². The molecule has 1 saturated carbocycles. The molecule has 2 amide bonds. The molecule has 5 nitrogen and oxygen atoms in total. The standard InChI is InChI=1S/C16H29N3O2/c20-16(18-14-3-1-2-4-14)17-11-13-5-8-19(9-6-13)15-7-10-21-12-15/h13-15H,1-12H2,(H2,17,18,20). The average molecular weight is 295 g/mol. The maximum atomic E-state index is 11.9. The fourth-order valence-corrected chi connectivity index (χ4v) is 3.88. The predicted molar refractivity (Wildman–Crippen MR) is 82.3 cm³/mol. The van der Waals surface area contributed by atoms with E-state index in [9.17, 15) is 4.79 Å². The Balaban J connectivity index is 1.30. The van der Waals surface area contributed by atoms with Gasteiger partial charge in [-0.3, -0.25) is 4.90 Å². The van der Waals surface area contributed by atoms with Crippen molar-refractivity contribution in [2.45, 2.75) is 57.0 Å². The molecule has 3 rings (SSSR count). The summed E-state index contributed by atoms with van der Waals surface area (Å²) in [7, 11) is 0. The topological polar surface area (TPSA) is 53.6 Å². The summed E-state index contributed by atoms with van der Waals surface area (Å²) in [5.41, 5.74) is 0. The maximum absolute atomic E-state index is 11.9. The predicted octanol–water partition coefficient (Wildman–Crippen LogP) is 1.73. The Bertz CT molecular complexity index is 330. The van der Waals surface area contributed by atoms with Crippen LogP contribution in [0.2, 0.25) is 0 Å². The van der Waals surface area contributed by atoms with Gasteiger partial charge in [-0.1, -0.05) is 12.8 Å². The van der Waals surface area contributed by atoms with Gasteiger partial charge in [0.05, 0.1) is 6.61 Å². The van der Waals surface area contributed by atoms with E-state index >= 15 is 0 Å². The summed E-state index contributed by atoms with van der Waals surface area (Å²) in [6.07, 6.45) is 8.39. The molecule has 120 valence electrons. The molecular formula is C16H29N3O2. The zero-order valence-corrected chi connectivity index (χ0v) is 13.0. The molecule has 0 bridgehead atoms. The van der Waals surface area contributed by atoms with Gasteiger partial charge in [0.15, 0.2) is 0 Å². The van der Waals surface area contributed by atoms with E-state index < -0.39 is 0 Å². The van der Waals surface area contributed by atoms with Gasteiger partial charge in [0, 0.05) is 25.2 Å². The van der Waals surface area contributed by atoms with Crippen molar-refractivity contribution in [1.29, 1.82) is 0 Å². The zero-order chi connectivity index (χ0) is 14.5. The maximum Gasteiger partial charge on any atom is 0.315 e. The van der Waals surface area contributed by atoms with E-state index in [2.05, 4.69) is 15.5 Å². The Labute approximate surface area is 127 Å². The van der Waals surface area contributed by atoms with Crippen LogP contribution in [0.25, 0.3) is 0 Å². The van der Waals surface area contributed by atoms with Gasteiger partial charge in [0.1, 0.15) is 0 Å². The molecule has 2 heterocycles. The van der Waals surface area contributed by atoms with E-state index in [1.807, 2.05) is 0 Å². The number of carbonyl (C=O) groups is 1. The van der Waals surface area contributed by atoms with Crippen LogP contribution in [-0.4, -0.2) is 55.9 Å². The van der Waals surface area contributed by atoms with E-state index in [1.54, 1.807) is 0 Å². The third kappa shape index (κ3) is 4.33. The molecule has 0 aromatic heterocycles. The van der Waals surface area contributed by atoms with Gasteiger partial charge in [-0.2, -0.15) is 0 Å².